The molecule has 1 N–H and O–H groups in total. The Hall–Kier alpha value is -1.79. The monoisotopic (exact) mass is 326 g/mol. The summed E-state index contributed by atoms with van der Waals surface area (Å²) in [6, 6.07) is 5.90. The predicted molar refractivity (Wildman–Crippen MR) is 79.5 cm³/mol. The van der Waals surface area contributed by atoms with E-state index in [1.807, 2.05) is 18.2 Å². The van der Waals surface area contributed by atoms with Gasteiger partial charge in [-0.3, -0.25) is 0 Å². The molecule has 0 spiro atoms. The molecule has 0 fully saturated rings. The van der Waals surface area contributed by atoms with Gasteiger partial charge in [-0.1, -0.05) is 6.07 Å². The first-order valence-electron chi connectivity index (χ1n) is 6.40. The lowest BCUT2D eigenvalue weighted by molar-refractivity contribution is 0.171. The van der Waals surface area contributed by atoms with E-state index in [-0.39, 0.29) is 10.6 Å². The standard InChI is InChI=1S/C13H12Cl2N4O2/c14-11-17-12(15)19-13(18-11)16-4-3-8-1-2-9-10(7-8)21-6-5-20-9/h1-2,7H,3-6H2,(H,16,17,18,19). The van der Waals surface area contributed by atoms with Gasteiger partial charge < -0.3 is 14.8 Å². The van der Waals surface area contributed by atoms with Crippen LogP contribution >= 0.6 is 23.2 Å². The Kier molecular flexibility index (Phi) is 4.26. The van der Waals surface area contributed by atoms with Crippen molar-refractivity contribution in [2.75, 3.05) is 25.1 Å². The number of hydrogen-bond donors (Lipinski definition) is 1. The van der Waals surface area contributed by atoms with Crippen molar-refractivity contribution in [3.63, 3.8) is 0 Å². The Morgan fingerprint density at radius 2 is 1.71 bits per heavy atom. The smallest absolute Gasteiger partial charge is 0.228 e. The molecule has 1 aliphatic heterocycles. The van der Waals surface area contributed by atoms with Gasteiger partial charge in [0.25, 0.3) is 0 Å². The highest BCUT2D eigenvalue weighted by molar-refractivity contribution is 6.31. The summed E-state index contributed by atoms with van der Waals surface area (Å²) in [5.41, 5.74) is 1.12. The molecule has 0 unspecified atom stereocenters. The molecule has 110 valence electrons. The van der Waals surface area contributed by atoms with E-state index in [2.05, 4.69) is 20.3 Å². The lowest BCUT2D eigenvalue weighted by Crippen LogP contribution is -2.15. The van der Waals surface area contributed by atoms with Crippen LogP contribution in [0, 0.1) is 0 Å². The van der Waals surface area contributed by atoms with Gasteiger partial charge in [-0.15, -0.1) is 0 Å². The van der Waals surface area contributed by atoms with Gasteiger partial charge in [0, 0.05) is 6.54 Å². The molecular formula is C13H12Cl2N4O2. The Morgan fingerprint density at radius 1 is 1.00 bits per heavy atom. The summed E-state index contributed by atoms with van der Waals surface area (Å²) < 4.78 is 11.0. The Bertz CT molecular complexity index is 634. The lowest BCUT2D eigenvalue weighted by Gasteiger charge is -2.18. The van der Waals surface area contributed by atoms with Crippen molar-refractivity contribution in [1.29, 1.82) is 0 Å². The zero-order chi connectivity index (χ0) is 14.7. The molecule has 1 aliphatic rings. The molecule has 2 heterocycles. The molecule has 0 amide bonds. The zero-order valence-corrected chi connectivity index (χ0v) is 12.5. The lowest BCUT2D eigenvalue weighted by atomic mass is 10.1. The fraction of sp³-hybridized carbons (Fsp3) is 0.308. The minimum atomic E-state index is 0.0665. The molecule has 3 rings (SSSR count). The molecule has 0 bridgehead atoms. The first kappa shape index (κ1) is 14.2. The molecule has 21 heavy (non-hydrogen) atoms. The van der Waals surface area contributed by atoms with Gasteiger partial charge in [-0.25, -0.2) is 0 Å². The molecule has 1 aromatic carbocycles. The molecule has 8 heteroatoms. The SMILES string of the molecule is Clc1nc(Cl)nc(NCCc2ccc3c(c2)OCCO3)n1. The number of nitrogens with one attached hydrogen (secondary N) is 1. The first-order chi connectivity index (χ1) is 10.2. The van der Waals surface area contributed by atoms with Crippen molar-refractivity contribution >= 4 is 29.2 Å². The summed E-state index contributed by atoms with van der Waals surface area (Å²) in [6.07, 6.45) is 0.775. The van der Waals surface area contributed by atoms with E-state index in [0.29, 0.717) is 25.7 Å². The van der Waals surface area contributed by atoms with E-state index >= 15 is 0 Å². The number of anilines is 1. The van der Waals surface area contributed by atoms with E-state index in [1.54, 1.807) is 0 Å². The Morgan fingerprint density at radius 3 is 2.48 bits per heavy atom. The number of ether oxygens (including phenoxy) is 2. The van der Waals surface area contributed by atoms with Gasteiger partial charge in [0.2, 0.25) is 16.5 Å². The number of fused-ring (bicyclic) bond motifs is 1. The molecule has 6 nitrogen and oxygen atoms in total. The third kappa shape index (κ3) is 3.65. The largest absolute Gasteiger partial charge is 0.486 e. The molecule has 0 radical (unpaired) electrons. The van der Waals surface area contributed by atoms with E-state index in [9.17, 15) is 0 Å². The molecule has 0 saturated heterocycles. The van der Waals surface area contributed by atoms with Crippen LogP contribution in [-0.2, 0) is 6.42 Å². The van der Waals surface area contributed by atoms with Gasteiger partial charge >= 0.3 is 0 Å². The van der Waals surface area contributed by atoms with Crippen LogP contribution in [-0.4, -0.2) is 34.7 Å². The van der Waals surface area contributed by atoms with Gasteiger partial charge in [0.15, 0.2) is 11.5 Å². The van der Waals surface area contributed by atoms with Crippen molar-refractivity contribution in [3.05, 3.63) is 34.3 Å². The second kappa shape index (κ2) is 6.32. The quantitative estimate of drug-likeness (QED) is 0.931. The molecule has 0 saturated carbocycles. The topological polar surface area (TPSA) is 69.2 Å². The van der Waals surface area contributed by atoms with Gasteiger partial charge in [-0.05, 0) is 47.3 Å². The maximum atomic E-state index is 5.71. The van der Waals surface area contributed by atoms with Crippen LogP contribution in [0.15, 0.2) is 18.2 Å². The third-order valence-electron chi connectivity index (χ3n) is 2.88. The Balaban J connectivity index is 1.60. The van der Waals surface area contributed by atoms with E-state index in [1.165, 1.54) is 0 Å². The second-order valence-electron chi connectivity index (χ2n) is 4.35. The summed E-state index contributed by atoms with van der Waals surface area (Å²) in [5.74, 6) is 1.93. The van der Waals surface area contributed by atoms with Crippen LogP contribution in [0.5, 0.6) is 11.5 Å². The van der Waals surface area contributed by atoms with Gasteiger partial charge in [-0.2, -0.15) is 15.0 Å². The van der Waals surface area contributed by atoms with Crippen LogP contribution in [0.4, 0.5) is 5.95 Å². The highest BCUT2D eigenvalue weighted by Gasteiger charge is 2.11. The zero-order valence-electron chi connectivity index (χ0n) is 11.0. The maximum absolute atomic E-state index is 5.71. The van der Waals surface area contributed by atoms with Crippen LogP contribution < -0.4 is 14.8 Å². The number of nitrogens with zero attached hydrogens (tertiary/aromatic N) is 3. The van der Waals surface area contributed by atoms with E-state index < -0.39 is 0 Å². The number of rotatable bonds is 4. The van der Waals surface area contributed by atoms with Crippen molar-refractivity contribution in [2.45, 2.75) is 6.42 Å². The normalized spacial score (nSPS) is 13.0. The highest BCUT2D eigenvalue weighted by Crippen LogP contribution is 2.30. The van der Waals surface area contributed by atoms with Crippen molar-refractivity contribution in [3.8, 4) is 11.5 Å². The van der Waals surface area contributed by atoms with E-state index in [4.69, 9.17) is 32.7 Å². The summed E-state index contributed by atoms with van der Waals surface area (Å²) in [4.78, 5) is 11.6. The molecule has 0 atom stereocenters. The van der Waals surface area contributed by atoms with Crippen molar-refractivity contribution in [2.24, 2.45) is 0 Å². The number of hydrogen-bond acceptors (Lipinski definition) is 6. The molecular weight excluding hydrogens is 315 g/mol. The Labute approximate surface area is 131 Å². The fourth-order valence-electron chi connectivity index (χ4n) is 1.97. The van der Waals surface area contributed by atoms with Gasteiger partial charge in [0.05, 0.1) is 0 Å². The van der Waals surface area contributed by atoms with Crippen molar-refractivity contribution < 1.29 is 9.47 Å². The first-order valence-corrected chi connectivity index (χ1v) is 7.16. The summed E-state index contributed by atoms with van der Waals surface area (Å²) in [5, 5.41) is 3.18. The van der Waals surface area contributed by atoms with Crippen LogP contribution in [0.1, 0.15) is 5.56 Å². The van der Waals surface area contributed by atoms with Crippen LogP contribution in [0.3, 0.4) is 0 Å². The summed E-state index contributed by atoms with van der Waals surface area (Å²) in [6.45, 7) is 1.81. The highest BCUT2D eigenvalue weighted by atomic mass is 35.5. The minimum Gasteiger partial charge on any atom is -0.486 e. The second-order valence-corrected chi connectivity index (χ2v) is 5.03. The third-order valence-corrected chi connectivity index (χ3v) is 3.22. The number of aromatic nitrogens is 3. The number of halogens is 2. The average molecular weight is 327 g/mol. The fourth-order valence-corrected chi connectivity index (χ4v) is 2.33. The molecule has 1 aromatic heterocycles. The van der Waals surface area contributed by atoms with Crippen molar-refractivity contribution in [1.82, 2.24) is 15.0 Å². The van der Waals surface area contributed by atoms with Gasteiger partial charge in [0.1, 0.15) is 13.2 Å². The summed E-state index contributed by atoms with van der Waals surface area (Å²) in [7, 11) is 0. The summed E-state index contributed by atoms with van der Waals surface area (Å²) >= 11 is 11.4. The molecule has 2 aromatic rings. The predicted octanol–water partition coefficient (Wildman–Crippen LogP) is 2.60. The van der Waals surface area contributed by atoms with Crippen LogP contribution in [0.25, 0.3) is 0 Å². The average Bonchev–Trinajstić information content (AvgIpc) is 2.46. The van der Waals surface area contributed by atoms with E-state index in [0.717, 1.165) is 23.5 Å². The molecule has 0 aliphatic carbocycles. The maximum Gasteiger partial charge on any atom is 0.228 e. The van der Waals surface area contributed by atoms with Crippen LogP contribution in [0.2, 0.25) is 10.6 Å². The minimum absolute atomic E-state index is 0.0665. The number of benzene rings is 1.